The first-order valence-electron chi connectivity index (χ1n) is 27.3. The number of likely N-dealkylation sites (tertiary alicyclic amines) is 2. The quantitative estimate of drug-likeness (QED) is 0.0469. The largest absolute Gasteiger partial charge is 1.00 e. The minimum Gasteiger partial charge on any atom is -0.582 e. The molecule has 0 bridgehead atoms. The van der Waals surface area contributed by atoms with E-state index < -0.39 is 93.2 Å². The van der Waals surface area contributed by atoms with Gasteiger partial charge >= 0.3 is 42.7 Å². The molecule has 0 spiro atoms. The van der Waals surface area contributed by atoms with Crippen LogP contribution < -0.4 is 33.4 Å². The molecule has 0 radical (unpaired) electrons. The summed E-state index contributed by atoms with van der Waals surface area (Å²) in [5, 5.41) is 11.9. The van der Waals surface area contributed by atoms with Crippen molar-refractivity contribution in [3.05, 3.63) is 110 Å². The van der Waals surface area contributed by atoms with E-state index in [1.807, 2.05) is 12.1 Å². The second kappa shape index (κ2) is 26.4. The number of benzene rings is 2. The van der Waals surface area contributed by atoms with E-state index in [4.69, 9.17) is 28.4 Å². The summed E-state index contributed by atoms with van der Waals surface area (Å²) < 4.78 is 34.1. The predicted molar refractivity (Wildman–Crippen MR) is 316 cm³/mol. The van der Waals surface area contributed by atoms with E-state index >= 15 is 0 Å². The van der Waals surface area contributed by atoms with E-state index in [-0.39, 0.29) is 48.2 Å². The van der Waals surface area contributed by atoms with Gasteiger partial charge in [-0.2, -0.15) is 6.20 Å². The topological polar surface area (TPSA) is 217 Å². The third-order valence-corrected chi connectivity index (χ3v) is 17.3. The number of thiazole rings is 2. The number of fused-ring (bicyclic) bond motifs is 1. The van der Waals surface area contributed by atoms with Crippen LogP contribution in [0.4, 0.5) is 0 Å². The Morgan fingerprint density at radius 3 is 1.54 bits per heavy atom. The summed E-state index contributed by atoms with van der Waals surface area (Å²) in [6.07, 6.45) is 6.95. The molecule has 0 N–H and O–H groups in total. The number of ether oxygens (including phenoxy) is 6. The van der Waals surface area contributed by atoms with Crippen molar-refractivity contribution in [2.75, 3.05) is 32.8 Å². The van der Waals surface area contributed by atoms with Crippen LogP contribution in [0.3, 0.4) is 0 Å². The predicted octanol–water partition coefficient (Wildman–Crippen LogP) is 8.30. The molecule has 1 saturated carbocycles. The number of hydrogen-bond donors (Lipinski definition) is 0. The number of carbonyl (C=O) groups excluding carboxylic acids is 6. The van der Waals surface area contributed by atoms with E-state index in [2.05, 4.69) is 77.6 Å². The van der Waals surface area contributed by atoms with Crippen molar-refractivity contribution < 1.29 is 76.0 Å². The van der Waals surface area contributed by atoms with Crippen molar-refractivity contribution in [2.45, 2.75) is 162 Å². The molecule has 2 amide bonds. The zero-order valence-electron chi connectivity index (χ0n) is 51.5. The first-order chi connectivity index (χ1) is 38.2. The molecule has 3 fully saturated rings. The Balaban J connectivity index is 0.000000277. The summed E-state index contributed by atoms with van der Waals surface area (Å²) in [4.78, 5) is 95.9. The summed E-state index contributed by atoms with van der Waals surface area (Å²) in [5.41, 5.74) is -3.45. The van der Waals surface area contributed by atoms with Gasteiger partial charge in [-0.25, -0.2) is 19.6 Å². The van der Waals surface area contributed by atoms with Gasteiger partial charge in [-0.15, -0.1) is 22.7 Å². The van der Waals surface area contributed by atoms with Gasteiger partial charge in [0.1, 0.15) is 55.3 Å². The van der Waals surface area contributed by atoms with Crippen LogP contribution >= 0.6 is 38.6 Å². The van der Waals surface area contributed by atoms with Crippen LogP contribution in [0.1, 0.15) is 171 Å². The summed E-state index contributed by atoms with van der Waals surface area (Å²) in [7, 11) is 3.14. The molecule has 2 aromatic carbocycles. The van der Waals surface area contributed by atoms with Gasteiger partial charge in [0.15, 0.2) is 0 Å². The Morgan fingerprint density at radius 2 is 1.16 bits per heavy atom. The summed E-state index contributed by atoms with van der Waals surface area (Å²) in [6, 6.07) is 10.8. The van der Waals surface area contributed by atoms with Crippen LogP contribution in [0.15, 0.2) is 78.0 Å². The Morgan fingerprint density at radius 1 is 0.675 bits per heavy atom. The van der Waals surface area contributed by atoms with E-state index in [1.165, 1.54) is 32.5 Å². The maximum atomic E-state index is 14.5. The van der Waals surface area contributed by atoms with Crippen molar-refractivity contribution >= 4 is 74.3 Å². The molecule has 2 aliphatic heterocycles. The van der Waals surface area contributed by atoms with Crippen LogP contribution in [-0.2, 0) is 49.0 Å². The number of halogens is 1. The smallest absolute Gasteiger partial charge is 0.582 e. The van der Waals surface area contributed by atoms with E-state index in [0.29, 0.717) is 39.1 Å². The number of esters is 4. The molecule has 3 aliphatic rings. The first kappa shape index (κ1) is 68.2. The van der Waals surface area contributed by atoms with Crippen molar-refractivity contribution in [3.63, 3.8) is 0 Å². The number of hydrogen-bond acceptors (Lipinski definition) is 17. The molecule has 8 rings (SSSR count). The molecule has 446 valence electrons. The third kappa shape index (κ3) is 13.9. The fourth-order valence-corrected chi connectivity index (χ4v) is 13.8. The Bertz CT molecular complexity index is 3040. The third-order valence-electron chi connectivity index (χ3n) is 14.9. The minimum absolute atomic E-state index is 0. The van der Waals surface area contributed by atoms with Crippen LogP contribution in [-0.4, -0.2) is 116 Å². The van der Waals surface area contributed by atoms with Gasteiger partial charge < -0.3 is 48.4 Å². The average molecular weight is 1240 g/mol. The molecule has 2 saturated heterocycles. The van der Waals surface area contributed by atoms with Gasteiger partial charge in [-0.3, -0.25) is 19.2 Å². The molecule has 18 nitrogen and oxygen atoms in total. The van der Waals surface area contributed by atoms with Crippen molar-refractivity contribution in [1.29, 1.82) is 0 Å². The molecule has 1 aliphatic carbocycles. The maximum Gasteiger partial charge on any atom is 1.00 e. The Labute approximate surface area is 517 Å². The standard InChI is InChI=1S/C29H39BrN2O6S.C29H38N2O6S.C3H3N2.Li/c1-10-37-25(34)21-19(16-30)29(8,26(35)38-28(5,6)7)32(22(21)23-31-13-14-39-23)24(33)17-11-12-18(27(2,3)4)20(15-17)36-9;1-10-36-25(34)29-16-20(29)28(8,24(33)37-27(5,6)7)31(21(29)22-30-13-14-38-22)23(32)17-11-12-18(26(2,3)4)19(15-17)35-9;1-2-4-5-3-1;/h11-15,19,21-22H,10,16H2,1-9H3;11-15,20-21H,10,16H2,1-9H3;1-3H;/q;;-1;+1/t19-,21-,22+,29-;20-,21+,28+,29+;;/m01../s1. The number of amides is 2. The zero-order valence-corrected chi connectivity index (χ0v) is 54.7. The zero-order chi connectivity index (χ0) is 61.1. The van der Waals surface area contributed by atoms with E-state index in [9.17, 15) is 28.8 Å². The van der Waals surface area contributed by atoms with Crippen molar-refractivity contribution in [2.24, 2.45) is 23.2 Å². The molecule has 83 heavy (non-hydrogen) atoms. The molecular weight excluding hydrogens is 1160 g/mol. The summed E-state index contributed by atoms with van der Waals surface area (Å²) in [6.45, 7) is 30.3. The summed E-state index contributed by atoms with van der Waals surface area (Å²) in [5.74, 6) is -3.72. The first-order valence-corrected chi connectivity index (χ1v) is 30.2. The number of alkyl halides is 1. The Kier molecular flexibility index (Phi) is 21.6. The van der Waals surface area contributed by atoms with Crippen LogP contribution in [0.25, 0.3) is 0 Å². The normalized spacial score (nSPS) is 23.6. The van der Waals surface area contributed by atoms with Gasteiger partial charge in [0.25, 0.3) is 11.8 Å². The second-order valence-electron chi connectivity index (χ2n) is 24.8. The van der Waals surface area contributed by atoms with Crippen LogP contribution in [0.5, 0.6) is 11.5 Å². The van der Waals surface area contributed by atoms with Gasteiger partial charge in [0.2, 0.25) is 0 Å². The molecule has 0 unspecified atom stereocenters. The summed E-state index contributed by atoms with van der Waals surface area (Å²) >= 11 is 6.22. The van der Waals surface area contributed by atoms with Gasteiger partial charge in [0.05, 0.1) is 39.4 Å². The number of piperidine rings is 1. The monoisotopic (exact) mass is 1240 g/mol. The van der Waals surface area contributed by atoms with E-state index in [1.54, 1.807) is 149 Å². The number of methoxy groups -OCH3 is 2. The number of nitrogens with zero attached hydrogens (tertiary/aromatic N) is 6. The van der Waals surface area contributed by atoms with Gasteiger partial charge in [0, 0.05) is 57.6 Å². The molecule has 5 heterocycles. The number of aromatic nitrogens is 4. The second-order valence-corrected chi connectivity index (χ2v) is 27.3. The Hall–Kier alpha value is -5.59. The van der Waals surface area contributed by atoms with Gasteiger partial charge in [-0.05, 0) is 122 Å². The van der Waals surface area contributed by atoms with Crippen molar-refractivity contribution in [3.8, 4) is 11.5 Å². The molecular formula is C61H80BrLiN6O12S2. The average Bonchev–Trinajstić information content (AvgIpc) is 2.39. The number of rotatable bonds is 13. The van der Waals surface area contributed by atoms with E-state index in [0.717, 1.165) is 11.1 Å². The van der Waals surface area contributed by atoms with Crippen molar-refractivity contribution in [1.82, 2.24) is 30.0 Å². The molecule has 5 aromatic rings. The molecule has 22 heteroatoms. The maximum absolute atomic E-state index is 14.5. The SMILES string of the molecule is CCOC(=O)[C@@H]1[C@H](c2nccs2)N(C(=O)c2ccc(C(C)(C)C)c(OC)c2)[C@](C)(C(=O)OC(C)(C)C)[C@H]1CBr.CCOC(=O)[C@@]12C[C@@H]1[C@@](C)(C(=O)OC(C)(C)C)N(C(=O)c1ccc(C(C)(C)C)c(OC)c1)[C@H]2c1nccs1.[Li+].c1cn[n-]c1. The molecule has 8 atom stereocenters. The van der Waals surface area contributed by atoms with Crippen LogP contribution in [0, 0.1) is 23.2 Å². The van der Waals surface area contributed by atoms with Gasteiger partial charge in [-0.1, -0.05) is 75.7 Å². The fraction of sp³-hybridized carbons (Fsp3) is 0.557. The fourth-order valence-electron chi connectivity index (χ4n) is 11.1. The van der Waals surface area contributed by atoms with Crippen LogP contribution in [0.2, 0.25) is 0 Å². The minimum atomic E-state index is -1.52. The number of carbonyl (C=O) groups is 6. The molecule has 3 aromatic heterocycles.